The van der Waals surface area contributed by atoms with E-state index in [1.165, 1.54) is 29.2 Å². The first-order valence-electron chi connectivity index (χ1n) is 7.51. The van der Waals surface area contributed by atoms with Gasteiger partial charge in [0.2, 0.25) is 5.88 Å². The molecule has 0 fully saturated rings. The number of nitrogens with one attached hydrogen (secondary N) is 1. The molecule has 0 aliphatic carbocycles. The molecule has 0 saturated heterocycles. The van der Waals surface area contributed by atoms with E-state index in [2.05, 4.69) is 25.2 Å². The van der Waals surface area contributed by atoms with E-state index in [1.54, 1.807) is 23.7 Å². The number of benzene rings is 1. The molecular formula is C16H10ClF3N4O2S2. The normalized spacial score (nSPS) is 11.3. The van der Waals surface area contributed by atoms with E-state index in [4.69, 9.17) is 11.6 Å². The summed E-state index contributed by atoms with van der Waals surface area (Å²) in [5.41, 5.74) is 2.20. The topological polar surface area (TPSA) is 77.0 Å². The van der Waals surface area contributed by atoms with E-state index in [1.807, 2.05) is 6.07 Å². The summed E-state index contributed by atoms with van der Waals surface area (Å²) in [7, 11) is 0. The Bertz CT molecular complexity index is 971. The Kier molecular flexibility index (Phi) is 6.37. The SMILES string of the molecule is O=C(Nc1ccccc1Sc1nncs1)c1cnc(OCC(F)(F)F)c(Cl)c1. The molecule has 1 N–H and O–H groups in total. The third kappa shape index (κ3) is 5.57. The lowest BCUT2D eigenvalue weighted by Crippen LogP contribution is -2.20. The molecule has 2 heterocycles. The molecule has 0 spiro atoms. The number of hydrogen-bond acceptors (Lipinski definition) is 7. The second kappa shape index (κ2) is 8.76. The number of carbonyl (C=O) groups is 1. The molecule has 12 heteroatoms. The molecule has 6 nitrogen and oxygen atoms in total. The fourth-order valence-corrected chi connectivity index (χ4v) is 3.70. The molecule has 0 atom stereocenters. The maximum absolute atomic E-state index is 12.5. The summed E-state index contributed by atoms with van der Waals surface area (Å²) < 4.78 is 41.9. The molecule has 0 unspecified atom stereocenters. The molecule has 0 saturated carbocycles. The molecule has 0 aliphatic rings. The van der Waals surface area contributed by atoms with Crippen LogP contribution in [-0.2, 0) is 0 Å². The lowest BCUT2D eigenvalue weighted by atomic mass is 10.2. The molecule has 1 amide bonds. The van der Waals surface area contributed by atoms with Crippen molar-refractivity contribution < 1.29 is 22.7 Å². The molecule has 2 aromatic heterocycles. The highest BCUT2D eigenvalue weighted by Crippen LogP contribution is 2.34. The van der Waals surface area contributed by atoms with Gasteiger partial charge in [-0.15, -0.1) is 10.2 Å². The average Bonchev–Trinajstić information content (AvgIpc) is 3.14. The van der Waals surface area contributed by atoms with E-state index in [-0.39, 0.29) is 10.6 Å². The van der Waals surface area contributed by atoms with Crippen molar-refractivity contribution in [3.63, 3.8) is 0 Å². The minimum absolute atomic E-state index is 0.0695. The van der Waals surface area contributed by atoms with Gasteiger partial charge in [-0.05, 0) is 18.2 Å². The Hall–Kier alpha value is -2.37. The van der Waals surface area contributed by atoms with Crippen LogP contribution in [0.15, 0.2) is 51.3 Å². The second-order valence-electron chi connectivity index (χ2n) is 5.17. The predicted octanol–water partition coefficient (Wildman–Crippen LogP) is 4.93. The predicted molar refractivity (Wildman–Crippen MR) is 99.2 cm³/mol. The molecule has 0 aliphatic heterocycles. The van der Waals surface area contributed by atoms with Crippen LogP contribution in [0.3, 0.4) is 0 Å². The van der Waals surface area contributed by atoms with Crippen LogP contribution in [0.25, 0.3) is 0 Å². The summed E-state index contributed by atoms with van der Waals surface area (Å²) in [5.74, 6) is -0.926. The highest BCUT2D eigenvalue weighted by molar-refractivity contribution is 8.01. The van der Waals surface area contributed by atoms with Crippen LogP contribution < -0.4 is 10.1 Å². The van der Waals surface area contributed by atoms with Gasteiger partial charge in [0.05, 0.1) is 11.3 Å². The Morgan fingerprint density at radius 3 is 2.79 bits per heavy atom. The third-order valence-electron chi connectivity index (χ3n) is 3.11. The van der Waals surface area contributed by atoms with Crippen LogP contribution in [-0.4, -0.2) is 33.9 Å². The highest BCUT2D eigenvalue weighted by Gasteiger charge is 2.29. The zero-order chi connectivity index (χ0) is 20.1. The molecule has 28 heavy (non-hydrogen) atoms. The van der Waals surface area contributed by atoms with E-state index < -0.39 is 24.6 Å². The van der Waals surface area contributed by atoms with E-state index in [0.29, 0.717) is 10.0 Å². The van der Waals surface area contributed by atoms with Crippen LogP contribution >= 0.6 is 34.7 Å². The molecule has 3 aromatic rings. The number of carbonyl (C=O) groups excluding carboxylic acids is 1. The number of amides is 1. The number of anilines is 1. The minimum Gasteiger partial charge on any atom is -0.467 e. The number of nitrogens with zero attached hydrogens (tertiary/aromatic N) is 3. The quantitative estimate of drug-likeness (QED) is 0.578. The maximum atomic E-state index is 12.5. The van der Waals surface area contributed by atoms with Gasteiger partial charge in [-0.3, -0.25) is 4.79 Å². The van der Waals surface area contributed by atoms with Gasteiger partial charge in [-0.2, -0.15) is 13.2 Å². The summed E-state index contributed by atoms with van der Waals surface area (Å²) in [6, 6.07) is 8.26. The number of hydrogen-bond donors (Lipinski definition) is 1. The lowest BCUT2D eigenvalue weighted by Gasteiger charge is -2.11. The molecule has 146 valence electrons. The van der Waals surface area contributed by atoms with E-state index >= 15 is 0 Å². The Labute approximate surface area is 170 Å². The van der Waals surface area contributed by atoms with Crippen LogP contribution in [0.4, 0.5) is 18.9 Å². The number of alkyl halides is 3. The zero-order valence-electron chi connectivity index (χ0n) is 13.7. The third-order valence-corrected chi connectivity index (χ3v) is 5.24. The molecule has 0 bridgehead atoms. The van der Waals surface area contributed by atoms with Crippen molar-refractivity contribution in [2.75, 3.05) is 11.9 Å². The smallest absolute Gasteiger partial charge is 0.422 e. The molecular weight excluding hydrogens is 437 g/mol. The van der Waals surface area contributed by atoms with Crippen molar-refractivity contribution in [3.05, 3.63) is 52.6 Å². The molecule has 3 rings (SSSR count). The number of ether oxygens (including phenoxy) is 1. The standard InChI is InChI=1S/C16H10ClF3N4O2S2/c17-10-5-9(6-21-14(10)26-7-16(18,19)20)13(25)23-11-3-1-2-4-12(11)28-15-24-22-8-27-15/h1-6,8H,7H2,(H,23,25). The molecule has 0 radical (unpaired) electrons. The fourth-order valence-electron chi connectivity index (χ4n) is 1.96. The van der Waals surface area contributed by atoms with Gasteiger partial charge in [0.1, 0.15) is 10.5 Å². The van der Waals surface area contributed by atoms with Crippen LogP contribution in [0, 0.1) is 0 Å². The summed E-state index contributed by atoms with van der Waals surface area (Å²) in [6.45, 7) is -1.53. The van der Waals surface area contributed by atoms with Gasteiger partial charge in [0.15, 0.2) is 10.9 Å². The second-order valence-corrected chi connectivity index (χ2v) is 7.70. The number of para-hydroxylation sites is 1. The first kappa shape index (κ1) is 20.4. The van der Waals surface area contributed by atoms with Crippen molar-refractivity contribution in [2.45, 2.75) is 15.4 Å². The van der Waals surface area contributed by atoms with Gasteiger partial charge < -0.3 is 10.1 Å². The number of rotatable bonds is 6. The number of pyridine rings is 1. The highest BCUT2D eigenvalue weighted by atomic mass is 35.5. The Morgan fingerprint density at radius 1 is 1.32 bits per heavy atom. The van der Waals surface area contributed by atoms with Gasteiger partial charge >= 0.3 is 6.18 Å². The summed E-state index contributed by atoms with van der Waals surface area (Å²) in [4.78, 5) is 16.9. The largest absolute Gasteiger partial charge is 0.467 e. The monoisotopic (exact) mass is 446 g/mol. The fraction of sp³-hybridized carbons (Fsp3) is 0.125. The van der Waals surface area contributed by atoms with Crippen molar-refractivity contribution in [1.82, 2.24) is 15.2 Å². The first-order valence-corrected chi connectivity index (χ1v) is 9.59. The first-order chi connectivity index (χ1) is 13.3. The van der Waals surface area contributed by atoms with Crippen molar-refractivity contribution in [3.8, 4) is 5.88 Å². The van der Waals surface area contributed by atoms with Crippen LogP contribution in [0.5, 0.6) is 5.88 Å². The summed E-state index contributed by atoms with van der Waals surface area (Å²) in [6.07, 6.45) is -3.43. The van der Waals surface area contributed by atoms with E-state index in [9.17, 15) is 18.0 Å². The molecule has 1 aromatic carbocycles. The van der Waals surface area contributed by atoms with Crippen molar-refractivity contribution in [1.29, 1.82) is 0 Å². The van der Waals surface area contributed by atoms with Crippen molar-refractivity contribution >= 4 is 46.3 Å². The lowest BCUT2D eigenvalue weighted by molar-refractivity contribution is -0.154. The Morgan fingerprint density at radius 2 is 2.11 bits per heavy atom. The van der Waals surface area contributed by atoms with Gasteiger partial charge in [-0.1, -0.05) is 46.8 Å². The maximum Gasteiger partial charge on any atom is 0.422 e. The van der Waals surface area contributed by atoms with Crippen LogP contribution in [0.2, 0.25) is 5.02 Å². The van der Waals surface area contributed by atoms with Gasteiger partial charge in [0, 0.05) is 11.1 Å². The van der Waals surface area contributed by atoms with Crippen LogP contribution in [0.1, 0.15) is 10.4 Å². The minimum atomic E-state index is -4.52. The van der Waals surface area contributed by atoms with Crippen molar-refractivity contribution in [2.24, 2.45) is 0 Å². The average molecular weight is 447 g/mol. The number of aromatic nitrogens is 3. The number of halogens is 4. The summed E-state index contributed by atoms with van der Waals surface area (Å²) in [5, 5.41) is 10.2. The summed E-state index contributed by atoms with van der Waals surface area (Å²) >= 11 is 8.57. The van der Waals surface area contributed by atoms with Gasteiger partial charge in [-0.25, -0.2) is 4.98 Å². The van der Waals surface area contributed by atoms with Gasteiger partial charge in [0.25, 0.3) is 5.91 Å². The zero-order valence-corrected chi connectivity index (χ0v) is 16.1. The Balaban J connectivity index is 1.72. The van der Waals surface area contributed by atoms with E-state index in [0.717, 1.165) is 11.1 Å².